The molecule has 0 aliphatic heterocycles. The quantitative estimate of drug-likeness (QED) is 0.561. The zero-order valence-electron chi connectivity index (χ0n) is 17.7. The molecular formula is C22H36N2O3. The number of nitrogens with one attached hydrogen (secondary N) is 2. The number of amides is 2. The number of benzene rings is 1. The van der Waals surface area contributed by atoms with Crippen molar-refractivity contribution >= 4 is 11.8 Å². The van der Waals surface area contributed by atoms with Crippen LogP contribution in [0.1, 0.15) is 72.5 Å². The summed E-state index contributed by atoms with van der Waals surface area (Å²) in [5.74, 6) is 1.76. The van der Waals surface area contributed by atoms with Crippen molar-refractivity contribution in [2.45, 2.75) is 67.0 Å². The van der Waals surface area contributed by atoms with Crippen LogP contribution in [0.4, 0.5) is 0 Å². The van der Waals surface area contributed by atoms with Crippen LogP contribution in [0.2, 0.25) is 0 Å². The van der Waals surface area contributed by atoms with Gasteiger partial charge in [0.25, 0.3) is 0 Å². The maximum atomic E-state index is 12.2. The van der Waals surface area contributed by atoms with Gasteiger partial charge in [-0.15, -0.1) is 0 Å². The van der Waals surface area contributed by atoms with Crippen molar-refractivity contribution in [1.82, 2.24) is 10.6 Å². The van der Waals surface area contributed by atoms with E-state index in [4.69, 9.17) is 4.74 Å². The molecule has 0 saturated carbocycles. The number of ether oxygens (including phenoxy) is 1. The van der Waals surface area contributed by atoms with E-state index in [1.165, 1.54) is 0 Å². The Morgan fingerprint density at radius 1 is 0.815 bits per heavy atom. The number of rotatable bonds is 11. The van der Waals surface area contributed by atoms with Crippen LogP contribution in [0, 0.1) is 17.8 Å². The Bertz CT molecular complexity index is 556. The van der Waals surface area contributed by atoms with E-state index in [0.29, 0.717) is 25.4 Å². The molecule has 27 heavy (non-hydrogen) atoms. The lowest BCUT2D eigenvalue weighted by molar-refractivity contribution is -0.125. The molecule has 2 N–H and O–H groups in total. The van der Waals surface area contributed by atoms with Crippen LogP contribution in [0.15, 0.2) is 24.3 Å². The van der Waals surface area contributed by atoms with Crippen LogP contribution < -0.4 is 15.4 Å². The topological polar surface area (TPSA) is 67.4 Å². The number of hydrogen-bond donors (Lipinski definition) is 2. The summed E-state index contributed by atoms with van der Waals surface area (Å²) in [5.41, 5.74) is 0.834. The molecule has 1 aromatic rings. The van der Waals surface area contributed by atoms with Gasteiger partial charge in [-0.1, -0.05) is 53.7 Å². The predicted octanol–water partition coefficient (Wildman–Crippen LogP) is 4.43. The summed E-state index contributed by atoms with van der Waals surface area (Å²) in [4.78, 5) is 24.5. The molecule has 0 aliphatic rings. The van der Waals surface area contributed by atoms with Gasteiger partial charge in [-0.05, 0) is 41.9 Å². The van der Waals surface area contributed by atoms with Gasteiger partial charge in [0, 0.05) is 12.8 Å². The fourth-order valence-corrected chi connectivity index (χ4v) is 2.55. The third kappa shape index (κ3) is 10.0. The molecule has 0 aromatic heterocycles. The van der Waals surface area contributed by atoms with Crippen LogP contribution in [0.5, 0.6) is 5.75 Å². The van der Waals surface area contributed by atoms with E-state index in [0.717, 1.165) is 17.7 Å². The summed E-state index contributed by atoms with van der Waals surface area (Å²) in [6.45, 7) is 13.0. The maximum Gasteiger partial charge on any atom is 0.222 e. The molecule has 0 atom stereocenters. The zero-order chi connectivity index (χ0) is 20.4. The van der Waals surface area contributed by atoms with Crippen molar-refractivity contribution in [3.8, 4) is 5.75 Å². The van der Waals surface area contributed by atoms with Crippen molar-refractivity contribution in [3.63, 3.8) is 0 Å². The number of carbonyl (C=O) groups excluding carboxylic acids is 2. The zero-order valence-corrected chi connectivity index (χ0v) is 17.7. The average molecular weight is 377 g/mol. The second-order valence-corrected chi connectivity index (χ2v) is 8.36. The van der Waals surface area contributed by atoms with E-state index in [9.17, 15) is 9.59 Å². The minimum absolute atomic E-state index is 0.0721. The van der Waals surface area contributed by atoms with Crippen molar-refractivity contribution in [2.75, 3.05) is 6.61 Å². The number of hydrogen-bond acceptors (Lipinski definition) is 3. The van der Waals surface area contributed by atoms with Gasteiger partial charge in [-0.3, -0.25) is 9.59 Å². The lowest BCUT2D eigenvalue weighted by Crippen LogP contribution is -2.41. The van der Waals surface area contributed by atoms with E-state index in [-0.39, 0.29) is 23.7 Å². The Labute approximate surface area is 164 Å². The SMILES string of the molecule is CC(C)CCOc1ccc(C(NC(=O)CC(C)C)NC(=O)CC(C)C)cc1. The van der Waals surface area contributed by atoms with Crippen molar-refractivity contribution in [2.24, 2.45) is 17.8 Å². The summed E-state index contributed by atoms with van der Waals surface area (Å²) in [6.07, 6.45) is 1.31. The molecule has 0 heterocycles. The molecule has 1 aromatic carbocycles. The Morgan fingerprint density at radius 3 is 1.70 bits per heavy atom. The normalized spacial score (nSPS) is 11.3. The van der Waals surface area contributed by atoms with Crippen LogP contribution in [-0.4, -0.2) is 18.4 Å². The van der Waals surface area contributed by atoms with Crippen LogP contribution >= 0.6 is 0 Å². The molecular weight excluding hydrogens is 340 g/mol. The Hall–Kier alpha value is -2.04. The number of carbonyl (C=O) groups is 2. The first-order valence-electron chi connectivity index (χ1n) is 9.98. The first-order valence-corrected chi connectivity index (χ1v) is 9.98. The Morgan fingerprint density at radius 2 is 1.30 bits per heavy atom. The molecule has 0 bridgehead atoms. The van der Waals surface area contributed by atoms with Gasteiger partial charge in [0.05, 0.1) is 6.61 Å². The summed E-state index contributed by atoms with van der Waals surface area (Å²) >= 11 is 0. The molecule has 0 aliphatic carbocycles. The monoisotopic (exact) mass is 376 g/mol. The Balaban J connectivity index is 2.80. The highest BCUT2D eigenvalue weighted by Crippen LogP contribution is 2.18. The van der Waals surface area contributed by atoms with Crippen molar-refractivity contribution in [3.05, 3.63) is 29.8 Å². The Kier molecular flexibility index (Phi) is 9.90. The minimum atomic E-state index is -0.535. The van der Waals surface area contributed by atoms with Gasteiger partial charge in [0.15, 0.2) is 0 Å². The van der Waals surface area contributed by atoms with Gasteiger partial charge >= 0.3 is 0 Å². The maximum absolute atomic E-state index is 12.2. The van der Waals surface area contributed by atoms with Gasteiger partial charge in [-0.25, -0.2) is 0 Å². The van der Waals surface area contributed by atoms with E-state index < -0.39 is 6.17 Å². The lowest BCUT2D eigenvalue weighted by Gasteiger charge is -2.22. The fraction of sp³-hybridized carbons (Fsp3) is 0.636. The van der Waals surface area contributed by atoms with Gasteiger partial charge in [0.2, 0.25) is 11.8 Å². The van der Waals surface area contributed by atoms with Crippen molar-refractivity contribution in [1.29, 1.82) is 0 Å². The van der Waals surface area contributed by atoms with E-state index in [1.807, 2.05) is 52.0 Å². The summed E-state index contributed by atoms with van der Waals surface area (Å²) in [7, 11) is 0. The second kappa shape index (κ2) is 11.6. The first-order chi connectivity index (χ1) is 12.7. The molecule has 1 rings (SSSR count). The fourth-order valence-electron chi connectivity index (χ4n) is 2.55. The first kappa shape index (κ1) is 23.0. The summed E-state index contributed by atoms with van der Waals surface area (Å²) < 4.78 is 5.74. The summed E-state index contributed by atoms with van der Waals surface area (Å²) in [5, 5.41) is 5.87. The average Bonchev–Trinajstić information content (AvgIpc) is 2.53. The molecule has 5 nitrogen and oxygen atoms in total. The lowest BCUT2D eigenvalue weighted by atomic mass is 10.1. The van der Waals surface area contributed by atoms with Gasteiger partial charge in [-0.2, -0.15) is 0 Å². The van der Waals surface area contributed by atoms with E-state index >= 15 is 0 Å². The molecule has 5 heteroatoms. The highest BCUT2D eigenvalue weighted by Gasteiger charge is 2.18. The molecule has 152 valence electrons. The predicted molar refractivity (Wildman–Crippen MR) is 109 cm³/mol. The van der Waals surface area contributed by atoms with Gasteiger partial charge in [0.1, 0.15) is 11.9 Å². The van der Waals surface area contributed by atoms with Gasteiger partial charge < -0.3 is 15.4 Å². The van der Waals surface area contributed by atoms with E-state index in [2.05, 4.69) is 24.5 Å². The highest BCUT2D eigenvalue weighted by atomic mass is 16.5. The standard InChI is InChI=1S/C22H36N2O3/c1-15(2)11-12-27-19-9-7-18(8-10-19)22(23-20(25)13-16(3)4)24-21(26)14-17(5)6/h7-10,15-17,22H,11-14H2,1-6H3,(H,23,25)(H,24,26). The largest absolute Gasteiger partial charge is 0.494 e. The highest BCUT2D eigenvalue weighted by molar-refractivity contribution is 5.79. The van der Waals surface area contributed by atoms with Crippen LogP contribution in [0.3, 0.4) is 0 Å². The second-order valence-electron chi connectivity index (χ2n) is 8.36. The van der Waals surface area contributed by atoms with Crippen molar-refractivity contribution < 1.29 is 14.3 Å². The molecule has 0 spiro atoms. The molecule has 0 radical (unpaired) electrons. The molecule has 0 fully saturated rings. The van der Waals surface area contributed by atoms with Crippen LogP contribution in [-0.2, 0) is 9.59 Å². The molecule has 0 saturated heterocycles. The third-order valence-corrected chi connectivity index (χ3v) is 3.98. The summed E-state index contributed by atoms with van der Waals surface area (Å²) in [6, 6.07) is 7.54. The van der Waals surface area contributed by atoms with Crippen LogP contribution in [0.25, 0.3) is 0 Å². The minimum Gasteiger partial charge on any atom is -0.494 e. The smallest absolute Gasteiger partial charge is 0.222 e. The third-order valence-electron chi connectivity index (χ3n) is 3.98. The molecule has 0 unspecified atom stereocenters. The van der Waals surface area contributed by atoms with E-state index in [1.54, 1.807) is 0 Å². The molecule has 2 amide bonds.